The van der Waals surface area contributed by atoms with Crippen LogP contribution in [0, 0.1) is 0 Å². The highest BCUT2D eigenvalue weighted by Crippen LogP contribution is 2.24. The molecule has 6 N–H and O–H groups in total. The number of carbonyl (C=O) groups excluding carboxylic acids is 1. The van der Waals surface area contributed by atoms with Gasteiger partial charge in [0.15, 0.2) is 0 Å². The van der Waals surface area contributed by atoms with Crippen LogP contribution >= 0.6 is 0 Å². The van der Waals surface area contributed by atoms with E-state index in [9.17, 15) is 18.0 Å². The van der Waals surface area contributed by atoms with Gasteiger partial charge in [-0.15, -0.1) is 0 Å². The van der Waals surface area contributed by atoms with Crippen molar-refractivity contribution >= 4 is 33.2 Å². The molecule has 0 spiro atoms. The van der Waals surface area contributed by atoms with Crippen molar-refractivity contribution in [1.82, 2.24) is 10.3 Å². The van der Waals surface area contributed by atoms with Gasteiger partial charge in [-0.25, -0.2) is 0 Å². The Kier molecular flexibility index (Phi) is 6.18. The van der Waals surface area contributed by atoms with Crippen LogP contribution < -0.4 is 15.2 Å². The molecule has 0 aliphatic carbocycles. The summed E-state index contributed by atoms with van der Waals surface area (Å²) in [5.74, 6) is -1.69. The average Bonchev–Trinajstić information content (AvgIpc) is 2.91. The number of rotatable bonds is 10. The summed E-state index contributed by atoms with van der Waals surface area (Å²) in [7, 11) is -4.62. The second-order valence-electron chi connectivity index (χ2n) is 5.63. The summed E-state index contributed by atoms with van der Waals surface area (Å²) < 4.78 is 34.8. The van der Waals surface area contributed by atoms with Gasteiger partial charge in [0.05, 0.1) is 0 Å². The number of hydrogen-bond acceptors (Lipinski definition) is 6. The minimum atomic E-state index is -4.62. The van der Waals surface area contributed by atoms with E-state index in [1.165, 1.54) is 12.1 Å². The Morgan fingerprint density at radius 3 is 2.69 bits per heavy atom. The Morgan fingerprint density at radius 2 is 2.08 bits per heavy atom. The van der Waals surface area contributed by atoms with Gasteiger partial charge in [-0.1, -0.05) is 0 Å². The molecule has 1 aromatic carbocycles. The van der Waals surface area contributed by atoms with Gasteiger partial charge in [-0.2, -0.15) is 8.42 Å². The van der Waals surface area contributed by atoms with Crippen LogP contribution in [0.15, 0.2) is 24.4 Å². The van der Waals surface area contributed by atoms with E-state index in [1.54, 1.807) is 12.3 Å². The summed E-state index contributed by atoms with van der Waals surface area (Å²) in [6.07, 6.45) is 2.21. The molecule has 1 atom stereocenters. The normalized spacial score (nSPS) is 12.8. The van der Waals surface area contributed by atoms with Crippen LogP contribution in [0.25, 0.3) is 10.9 Å². The zero-order valence-corrected chi connectivity index (χ0v) is 14.5. The molecule has 1 aromatic heterocycles. The summed E-state index contributed by atoms with van der Waals surface area (Å²) in [4.78, 5) is 25.0. The number of hydrogen-bond donors (Lipinski definition) is 5. The van der Waals surface area contributed by atoms with E-state index < -0.39 is 28.3 Å². The minimum Gasteiger partial charge on any atom is -0.480 e. The third kappa shape index (κ3) is 5.72. The van der Waals surface area contributed by atoms with E-state index in [4.69, 9.17) is 15.4 Å². The Bertz CT molecular complexity index is 907. The predicted octanol–water partition coefficient (Wildman–Crippen LogP) is 0.200. The topological polar surface area (TPSA) is 172 Å². The van der Waals surface area contributed by atoms with E-state index in [0.29, 0.717) is 18.4 Å². The van der Waals surface area contributed by atoms with Gasteiger partial charge in [0, 0.05) is 30.1 Å². The molecule has 26 heavy (non-hydrogen) atoms. The fraction of sp³-hybridized carbons (Fsp3) is 0.333. The number of carboxylic acid groups (broad SMARTS) is 1. The van der Waals surface area contributed by atoms with Crippen molar-refractivity contribution in [3.05, 3.63) is 30.0 Å². The number of aromatic amines is 1. The maximum Gasteiger partial charge on any atom is 0.446 e. The number of H-pyrrole nitrogens is 1. The molecule has 1 heterocycles. The van der Waals surface area contributed by atoms with Gasteiger partial charge < -0.3 is 25.3 Å². The van der Waals surface area contributed by atoms with Crippen molar-refractivity contribution in [3.8, 4) is 5.75 Å². The Morgan fingerprint density at radius 1 is 1.35 bits per heavy atom. The molecular formula is C15H19N3O7S. The van der Waals surface area contributed by atoms with Gasteiger partial charge in [-0.3, -0.25) is 14.1 Å². The van der Waals surface area contributed by atoms with Crippen molar-refractivity contribution in [3.63, 3.8) is 0 Å². The first-order valence-electron chi connectivity index (χ1n) is 7.67. The molecule has 0 fully saturated rings. The fourth-order valence-electron chi connectivity index (χ4n) is 2.52. The number of aromatic nitrogens is 1. The van der Waals surface area contributed by atoms with Crippen molar-refractivity contribution in [2.24, 2.45) is 5.73 Å². The van der Waals surface area contributed by atoms with Crippen LogP contribution in [0.3, 0.4) is 0 Å². The largest absolute Gasteiger partial charge is 0.480 e. The van der Waals surface area contributed by atoms with Crippen molar-refractivity contribution in [1.29, 1.82) is 0 Å². The van der Waals surface area contributed by atoms with E-state index in [0.717, 1.165) is 11.1 Å². The first-order chi connectivity index (χ1) is 12.2. The lowest BCUT2D eigenvalue weighted by Crippen LogP contribution is -2.38. The van der Waals surface area contributed by atoms with Crippen molar-refractivity contribution in [2.75, 3.05) is 6.54 Å². The number of carbonyl (C=O) groups is 2. The highest BCUT2D eigenvalue weighted by Gasteiger charge is 2.17. The van der Waals surface area contributed by atoms with Crippen LogP contribution in [-0.4, -0.2) is 47.5 Å². The lowest BCUT2D eigenvalue weighted by atomic mass is 10.1. The predicted molar refractivity (Wildman–Crippen MR) is 92.0 cm³/mol. The fourth-order valence-corrected chi connectivity index (χ4v) is 2.87. The zero-order valence-electron chi connectivity index (χ0n) is 13.6. The summed E-state index contributed by atoms with van der Waals surface area (Å²) >= 11 is 0. The second-order valence-corrected chi connectivity index (χ2v) is 6.65. The van der Waals surface area contributed by atoms with Crippen LogP contribution in [0.2, 0.25) is 0 Å². The molecule has 142 valence electrons. The summed E-state index contributed by atoms with van der Waals surface area (Å²) in [5, 5.41) is 12.7. The molecule has 0 saturated carbocycles. The smallest absolute Gasteiger partial charge is 0.446 e. The van der Waals surface area contributed by atoms with Gasteiger partial charge in [0.1, 0.15) is 11.8 Å². The number of aliphatic carboxylic acids is 1. The number of benzene rings is 1. The summed E-state index contributed by atoms with van der Waals surface area (Å²) in [6, 6.07) is 3.54. The molecule has 0 saturated heterocycles. The molecule has 11 heteroatoms. The highest BCUT2D eigenvalue weighted by atomic mass is 32.3. The first-order valence-corrected chi connectivity index (χ1v) is 9.03. The van der Waals surface area contributed by atoms with Gasteiger partial charge in [0.2, 0.25) is 5.91 Å². The van der Waals surface area contributed by atoms with Crippen molar-refractivity contribution < 1.29 is 31.8 Å². The zero-order chi connectivity index (χ0) is 19.3. The third-order valence-electron chi connectivity index (χ3n) is 3.70. The lowest BCUT2D eigenvalue weighted by molar-refractivity contribution is -0.139. The number of amides is 1. The Hall–Kier alpha value is -2.63. The van der Waals surface area contributed by atoms with E-state index in [-0.39, 0.29) is 18.6 Å². The third-order valence-corrected chi connectivity index (χ3v) is 4.11. The van der Waals surface area contributed by atoms with E-state index >= 15 is 0 Å². The number of nitrogens with two attached hydrogens (primary N) is 1. The van der Waals surface area contributed by atoms with Crippen molar-refractivity contribution in [2.45, 2.75) is 25.3 Å². The molecule has 2 rings (SSSR count). The van der Waals surface area contributed by atoms with Gasteiger partial charge in [0.25, 0.3) is 0 Å². The van der Waals surface area contributed by atoms with Gasteiger partial charge >= 0.3 is 16.4 Å². The lowest BCUT2D eigenvalue weighted by Gasteiger charge is -2.13. The van der Waals surface area contributed by atoms with Crippen LogP contribution in [0.4, 0.5) is 0 Å². The summed E-state index contributed by atoms with van der Waals surface area (Å²) in [6.45, 7) is 0.312. The van der Waals surface area contributed by atoms with Crippen LogP contribution in [0.5, 0.6) is 5.75 Å². The van der Waals surface area contributed by atoms with Gasteiger partial charge in [-0.05, 0) is 36.6 Å². The SMILES string of the molecule is NC(=O)CC[C@H](NCCc1c[nH]c2ccc(OS(=O)(=O)O)cc12)C(=O)O. The number of carboxylic acids is 1. The molecule has 10 nitrogen and oxygen atoms in total. The molecular weight excluding hydrogens is 366 g/mol. The molecule has 2 aromatic rings. The molecule has 0 aliphatic heterocycles. The molecule has 0 aliphatic rings. The van der Waals surface area contributed by atoms with Crippen LogP contribution in [-0.2, 0) is 26.4 Å². The van der Waals surface area contributed by atoms with E-state index in [1.807, 2.05) is 0 Å². The number of fused-ring (bicyclic) bond motifs is 1. The maximum absolute atomic E-state index is 11.2. The molecule has 0 radical (unpaired) electrons. The Labute approximate surface area is 149 Å². The minimum absolute atomic E-state index is 0.0343. The first kappa shape index (κ1) is 19.7. The quantitative estimate of drug-likeness (QED) is 0.361. The molecule has 1 amide bonds. The Balaban J connectivity index is 2.04. The summed E-state index contributed by atoms with van der Waals surface area (Å²) in [5.41, 5.74) is 6.56. The number of primary amides is 1. The number of nitrogens with one attached hydrogen (secondary N) is 2. The van der Waals surface area contributed by atoms with Crippen LogP contribution in [0.1, 0.15) is 18.4 Å². The monoisotopic (exact) mass is 385 g/mol. The van der Waals surface area contributed by atoms with E-state index in [2.05, 4.69) is 14.5 Å². The maximum atomic E-state index is 11.2. The average molecular weight is 385 g/mol. The standard InChI is InChI=1S/C15H19N3O7S/c16-14(19)4-3-13(15(20)21)17-6-5-9-8-18-12-2-1-10(7-11(9)12)25-26(22,23)24/h1-2,7-8,13,17-18H,3-6H2,(H2,16,19)(H,20,21)(H,22,23,24)/t13-/m0/s1. The molecule has 0 bridgehead atoms. The highest BCUT2D eigenvalue weighted by molar-refractivity contribution is 7.81. The molecule has 0 unspecified atom stereocenters. The second kappa shape index (κ2) is 8.17.